The molecule has 0 radical (unpaired) electrons. The Kier molecular flexibility index (Phi) is 5.02. The van der Waals surface area contributed by atoms with Crippen LogP contribution in [0.25, 0.3) is 23.0 Å². The summed E-state index contributed by atoms with van der Waals surface area (Å²) in [6.45, 7) is 2.01. The SMILES string of the molecule is CC1(c2cccc(-c3noc(-c4cnc(OCc5ccccc5)cn4)n3)c2)NC(=O)NC1=O. The summed E-state index contributed by atoms with van der Waals surface area (Å²) in [5.41, 5.74) is 1.45. The largest absolute Gasteiger partial charge is 0.472 e. The van der Waals surface area contributed by atoms with Crippen molar-refractivity contribution < 1.29 is 18.8 Å². The zero-order valence-electron chi connectivity index (χ0n) is 17.5. The molecule has 0 saturated carbocycles. The summed E-state index contributed by atoms with van der Waals surface area (Å²) in [5, 5.41) is 8.90. The summed E-state index contributed by atoms with van der Waals surface area (Å²) in [7, 11) is 0. The van der Waals surface area contributed by atoms with Crippen LogP contribution in [0.1, 0.15) is 18.1 Å². The number of nitrogens with one attached hydrogen (secondary N) is 2. The molecular weight excluding hydrogens is 424 g/mol. The molecule has 1 saturated heterocycles. The summed E-state index contributed by atoms with van der Waals surface area (Å²) in [5.74, 6) is 0.450. The predicted octanol–water partition coefficient (Wildman–Crippen LogP) is 2.83. The molecule has 33 heavy (non-hydrogen) atoms. The first kappa shape index (κ1) is 20.3. The third-order valence-corrected chi connectivity index (χ3v) is 5.25. The number of ether oxygens (including phenoxy) is 1. The van der Waals surface area contributed by atoms with E-state index in [1.807, 2.05) is 30.3 Å². The van der Waals surface area contributed by atoms with Gasteiger partial charge in [0.05, 0.1) is 12.4 Å². The van der Waals surface area contributed by atoms with Crippen molar-refractivity contribution in [3.63, 3.8) is 0 Å². The van der Waals surface area contributed by atoms with Gasteiger partial charge < -0.3 is 14.6 Å². The first-order chi connectivity index (χ1) is 16.0. The van der Waals surface area contributed by atoms with Crippen LogP contribution in [0, 0.1) is 0 Å². The van der Waals surface area contributed by atoms with Crippen molar-refractivity contribution >= 4 is 11.9 Å². The van der Waals surface area contributed by atoms with Crippen LogP contribution in [0.5, 0.6) is 5.88 Å². The number of urea groups is 1. The first-order valence-corrected chi connectivity index (χ1v) is 10.1. The second-order valence-corrected chi connectivity index (χ2v) is 7.55. The Balaban J connectivity index is 1.32. The minimum absolute atomic E-state index is 0.190. The van der Waals surface area contributed by atoms with Crippen molar-refractivity contribution in [3.8, 4) is 28.9 Å². The molecule has 1 aliphatic heterocycles. The van der Waals surface area contributed by atoms with Crippen molar-refractivity contribution in [3.05, 3.63) is 78.1 Å². The number of carbonyl (C=O) groups excluding carboxylic acids is 2. The number of hydrogen-bond donors (Lipinski definition) is 2. The normalized spacial score (nSPS) is 17.5. The van der Waals surface area contributed by atoms with E-state index in [1.54, 1.807) is 31.2 Å². The van der Waals surface area contributed by atoms with Crippen LogP contribution in [-0.4, -0.2) is 32.0 Å². The van der Waals surface area contributed by atoms with Gasteiger partial charge in [0, 0.05) is 5.56 Å². The lowest BCUT2D eigenvalue weighted by molar-refractivity contribution is -0.123. The predicted molar refractivity (Wildman–Crippen MR) is 116 cm³/mol. The molecule has 10 heteroatoms. The van der Waals surface area contributed by atoms with Crippen LogP contribution < -0.4 is 15.4 Å². The van der Waals surface area contributed by atoms with E-state index in [4.69, 9.17) is 9.26 Å². The number of carbonyl (C=O) groups is 2. The molecule has 0 aliphatic carbocycles. The molecule has 3 amide bonds. The highest BCUT2D eigenvalue weighted by Gasteiger charge is 2.43. The molecule has 5 rings (SSSR count). The molecule has 1 aliphatic rings. The van der Waals surface area contributed by atoms with Crippen molar-refractivity contribution in [1.82, 2.24) is 30.7 Å². The molecule has 0 bridgehead atoms. The van der Waals surface area contributed by atoms with Gasteiger partial charge in [-0.05, 0) is 24.1 Å². The number of imide groups is 1. The third-order valence-electron chi connectivity index (χ3n) is 5.25. The van der Waals surface area contributed by atoms with Crippen molar-refractivity contribution in [2.75, 3.05) is 0 Å². The number of amides is 3. The van der Waals surface area contributed by atoms with Crippen molar-refractivity contribution in [2.45, 2.75) is 19.1 Å². The molecule has 1 unspecified atom stereocenters. The van der Waals surface area contributed by atoms with Crippen LogP contribution in [0.4, 0.5) is 4.79 Å². The maximum atomic E-state index is 12.2. The fraction of sp³-hybridized carbons (Fsp3) is 0.130. The number of nitrogens with zero attached hydrogens (tertiary/aromatic N) is 4. The molecule has 0 spiro atoms. The van der Waals surface area contributed by atoms with Gasteiger partial charge in [-0.1, -0.05) is 53.7 Å². The lowest BCUT2D eigenvalue weighted by Gasteiger charge is -2.21. The van der Waals surface area contributed by atoms with Crippen molar-refractivity contribution in [2.24, 2.45) is 0 Å². The molecule has 10 nitrogen and oxygen atoms in total. The summed E-state index contributed by atoms with van der Waals surface area (Å²) < 4.78 is 11.0. The Labute approximate surface area is 188 Å². The average Bonchev–Trinajstić information content (AvgIpc) is 3.44. The topological polar surface area (TPSA) is 132 Å². The quantitative estimate of drug-likeness (QED) is 0.436. The van der Waals surface area contributed by atoms with Gasteiger partial charge in [-0.2, -0.15) is 4.98 Å². The van der Waals surface area contributed by atoms with Gasteiger partial charge in [-0.25, -0.2) is 14.8 Å². The monoisotopic (exact) mass is 442 g/mol. The minimum Gasteiger partial charge on any atom is -0.472 e. The van der Waals surface area contributed by atoms with E-state index in [0.29, 0.717) is 35.1 Å². The summed E-state index contributed by atoms with van der Waals surface area (Å²) in [6, 6.07) is 16.2. The lowest BCUT2D eigenvalue weighted by atomic mass is 9.91. The van der Waals surface area contributed by atoms with Gasteiger partial charge >= 0.3 is 6.03 Å². The number of aromatic nitrogens is 4. The number of benzene rings is 2. The van der Waals surface area contributed by atoms with E-state index < -0.39 is 17.5 Å². The molecule has 3 heterocycles. The highest BCUT2D eigenvalue weighted by atomic mass is 16.5. The second kappa shape index (κ2) is 8.15. The minimum atomic E-state index is -1.18. The molecule has 2 aromatic heterocycles. The van der Waals surface area contributed by atoms with Crippen LogP contribution in [-0.2, 0) is 16.9 Å². The lowest BCUT2D eigenvalue weighted by Crippen LogP contribution is -2.40. The molecule has 1 atom stereocenters. The van der Waals surface area contributed by atoms with E-state index in [9.17, 15) is 9.59 Å². The van der Waals surface area contributed by atoms with Gasteiger partial charge in [0.1, 0.15) is 17.8 Å². The molecule has 2 N–H and O–H groups in total. The van der Waals surface area contributed by atoms with Gasteiger partial charge in [0.2, 0.25) is 11.7 Å². The fourth-order valence-electron chi connectivity index (χ4n) is 3.39. The van der Waals surface area contributed by atoms with Gasteiger partial charge in [0.25, 0.3) is 11.8 Å². The molecule has 164 valence electrons. The van der Waals surface area contributed by atoms with Crippen LogP contribution in [0.2, 0.25) is 0 Å². The Hall–Kier alpha value is -4.60. The standard InChI is InChI=1S/C23H18N6O4/c1-23(21(30)27-22(31)28-23)16-9-5-8-15(10-16)19-26-20(33-29-19)17-11-25-18(12-24-17)32-13-14-6-3-2-4-7-14/h2-12H,13H2,1H3,(H2,27,28,30,31). The molecule has 1 fully saturated rings. The Morgan fingerprint density at radius 3 is 2.61 bits per heavy atom. The first-order valence-electron chi connectivity index (χ1n) is 10.1. The highest BCUT2D eigenvalue weighted by molar-refractivity contribution is 6.07. The van der Waals surface area contributed by atoms with Crippen LogP contribution in [0.15, 0.2) is 71.5 Å². The zero-order valence-corrected chi connectivity index (χ0v) is 17.5. The fourth-order valence-corrected chi connectivity index (χ4v) is 3.39. The number of hydrogen-bond acceptors (Lipinski definition) is 8. The van der Waals surface area contributed by atoms with E-state index in [0.717, 1.165) is 5.56 Å². The van der Waals surface area contributed by atoms with Crippen LogP contribution in [0.3, 0.4) is 0 Å². The van der Waals surface area contributed by atoms with Crippen LogP contribution >= 0.6 is 0 Å². The van der Waals surface area contributed by atoms with Gasteiger partial charge in [-0.15, -0.1) is 0 Å². The van der Waals surface area contributed by atoms with Crippen molar-refractivity contribution in [1.29, 1.82) is 0 Å². The highest BCUT2D eigenvalue weighted by Crippen LogP contribution is 2.28. The molecule has 2 aromatic carbocycles. The Bertz CT molecular complexity index is 1320. The number of rotatable bonds is 6. The Morgan fingerprint density at radius 2 is 1.88 bits per heavy atom. The molecule has 4 aromatic rings. The second-order valence-electron chi connectivity index (χ2n) is 7.55. The maximum absolute atomic E-state index is 12.2. The Morgan fingerprint density at radius 1 is 1.03 bits per heavy atom. The van der Waals surface area contributed by atoms with Gasteiger partial charge in [-0.3, -0.25) is 10.1 Å². The zero-order chi connectivity index (χ0) is 22.8. The molecular formula is C23H18N6O4. The van der Waals surface area contributed by atoms with E-state index >= 15 is 0 Å². The van der Waals surface area contributed by atoms with E-state index in [-0.39, 0.29) is 5.89 Å². The average molecular weight is 442 g/mol. The summed E-state index contributed by atoms with van der Waals surface area (Å²) >= 11 is 0. The van der Waals surface area contributed by atoms with Gasteiger partial charge in [0.15, 0.2) is 0 Å². The third kappa shape index (κ3) is 4.01. The maximum Gasteiger partial charge on any atom is 0.322 e. The summed E-state index contributed by atoms with van der Waals surface area (Å²) in [4.78, 5) is 36.7. The van der Waals surface area contributed by atoms with E-state index in [1.165, 1.54) is 12.4 Å². The smallest absolute Gasteiger partial charge is 0.322 e. The summed E-state index contributed by atoms with van der Waals surface area (Å²) in [6.07, 6.45) is 2.98. The van der Waals surface area contributed by atoms with E-state index in [2.05, 4.69) is 30.7 Å².